The van der Waals surface area contributed by atoms with Crippen molar-refractivity contribution in [3.05, 3.63) is 65.2 Å². The Morgan fingerprint density at radius 2 is 1.81 bits per heavy atom. The van der Waals surface area contributed by atoms with Crippen molar-refractivity contribution in [2.45, 2.75) is 6.42 Å². The summed E-state index contributed by atoms with van der Waals surface area (Å²) in [5.41, 5.74) is 1.41. The van der Waals surface area contributed by atoms with Crippen LogP contribution >= 0.6 is 11.6 Å². The molecule has 0 aliphatic rings. The smallest absolute Gasteiger partial charge is 0.310 e. The van der Waals surface area contributed by atoms with Gasteiger partial charge in [0.05, 0.1) is 6.42 Å². The molecule has 0 aromatic heterocycles. The second-order valence-corrected chi connectivity index (χ2v) is 4.82. The molecule has 2 aromatic carbocycles. The van der Waals surface area contributed by atoms with Crippen molar-refractivity contribution in [1.82, 2.24) is 0 Å². The molecule has 2 aromatic rings. The highest BCUT2D eigenvalue weighted by Gasteiger charge is 2.08. The van der Waals surface area contributed by atoms with Crippen molar-refractivity contribution in [3.63, 3.8) is 0 Å². The van der Waals surface area contributed by atoms with E-state index in [1.807, 2.05) is 30.3 Å². The van der Waals surface area contributed by atoms with Crippen LogP contribution in [-0.4, -0.2) is 18.5 Å². The van der Waals surface area contributed by atoms with Gasteiger partial charge in [-0.1, -0.05) is 48.0 Å². The van der Waals surface area contributed by atoms with Gasteiger partial charge in [0.25, 0.3) is 5.91 Å². The number of hydrogen-bond donors (Lipinski definition) is 1. The lowest BCUT2D eigenvalue weighted by molar-refractivity contribution is -0.146. The van der Waals surface area contributed by atoms with Crippen LogP contribution in [0.2, 0.25) is 5.02 Å². The van der Waals surface area contributed by atoms with Crippen LogP contribution < -0.4 is 5.32 Å². The van der Waals surface area contributed by atoms with E-state index in [0.29, 0.717) is 10.7 Å². The van der Waals surface area contributed by atoms with E-state index in [2.05, 4.69) is 5.32 Å². The summed E-state index contributed by atoms with van der Waals surface area (Å²) in [4.78, 5) is 23.2. The number of nitrogens with one attached hydrogen (secondary N) is 1. The summed E-state index contributed by atoms with van der Waals surface area (Å²) in [5.74, 6) is -0.846. The van der Waals surface area contributed by atoms with Crippen LogP contribution in [0.25, 0.3) is 0 Å². The van der Waals surface area contributed by atoms with E-state index >= 15 is 0 Å². The van der Waals surface area contributed by atoms with E-state index < -0.39 is 11.9 Å². The van der Waals surface area contributed by atoms with E-state index in [0.717, 1.165) is 5.56 Å². The number of hydrogen-bond acceptors (Lipinski definition) is 3. The molecule has 1 N–H and O–H groups in total. The lowest BCUT2D eigenvalue weighted by atomic mass is 10.2. The third-order valence-corrected chi connectivity index (χ3v) is 2.90. The van der Waals surface area contributed by atoms with Crippen molar-refractivity contribution < 1.29 is 14.3 Å². The summed E-state index contributed by atoms with van der Waals surface area (Å²) < 4.78 is 4.93. The van der Waals surface area contributed by atoms with E-state index in [1.54, 1.807) is 24.3 Å². The molecule has 0 saturated heterocycles. The maximum absolute atomic E-state index is 11.6. The van der Waals surface area contributed by atoms with Crippen LogP contribution in [0.5, 0.6) is 0 Å². The van der Waals surface area contributed by atoms with Crippen LogP contribution in [0.4, 0.5) is 5.69 Å². The number of amides is 1. The Hall–Kier alpha value is -2.33. The molecule has 0 saturated carbocycles. The highest BCUT2D eigenvalue weighted by molar-refractivity contribution is 6.30. The molecule has 21 heavy (non-hydrogen) atoms. The third-order valence-electron chi connectivity index (χ3n) is 2.66. The quantitative estimate of drug-likeness (QED) is 0.864. The highest BCUT2D eigenvalue weighted by Crippen LogP contribution is 2.14. The molecular formula is C16H14ClNO3. The maximum atomic E-state index is 11.6. The minimum absolute atomic E-state index is 0.144. The first-order valence-electron chi connectivity index (χ1n) is 6.38. The maximum Gasteiger partial charge on any atom is 0.310 e. The summed E-state index contributed by atoms with van der Waals surface area (Å²) in [7, 11) is 0. The molecule has 5 heteroatoms. The van der Waals surface area contributed by atoms with Gasteiger partial charge < -0.3 is 10.1 Å². The van der Waals surface area contributed by atoms with Gasteiger partial charge in [-0.25, -0.2) is 0 Å². The Balaban J connectivity index is 1.77. The van der Waals surface area contributed by atoms with E-state index in [-0.39, 0.29) is 13.0 Å². The van der Waals surface area contributed by atoms with Gasteiger partial charge in [0.1, 0.15) is 0 Å². The first kappa shape index (κ1) is 15.1. The molecule has 108 valence electrons. The molecule has 0 bridgehead atoms. The zero-order chi connectivity index (χ0) is 15.1. The molecule has 0 radical (unpaired) electrons. The summed E-state index contributed by atoms with van der Waals surface area (Å²) in [6.07, 6.45) is 0.144. The van der Waals surface area contributed by atoms with E-state index in [9.17, 15) is 9.59 Å². The lowest BCUT2D eigenvalue weighted by Gasteiger charge is -2.07. The molecule has 0 aliphatic carbocycles. The Bertz CT molecular complexity index is 628. The zero-order valence-electron chi connectivity index (χ0n) is 11.2. The van der Waals surface area contributed by atoms with E-state index in [1.165, 1.54) is 0 Å². The van der Waals surface area contributed by atoms with Gasteiger partial charge in [0.15, 0.2) is 6.61 Å². The fraction of sp³-hybridized carbons (Fsp3) is 0.125. The van der Waals surface area contributed by atoms with Gasteiger partial charge in [-0.15, -0.1) is 0 Å². The molecule has 2 rings (SSSR count). The third kappa shape index (κ3) is 5.28. The number of halogens is 1. The molecular weight excluding hydrogens is 290 g/mol. The van der Waals surface area contributed by atoms with Crippen molar-refractivity contribution in [1.29, 1.82) is 0 Å². The van der Waals surface area contributed by atoms with Gasteiger partial charge >= 0.3 is 5.97 Å². The van der Waals surface area contributed by atoms with Crippen LogP contribution in [0, 0.1) is 0 Å². The number of carbonyl (C=O) groups excluding carboxylic acids is 2. The zero-order valence-corrected chi connectivity index (χ0v) is 12.0. The van der Waals surface area contributed by atoms with E-state index in [4.69, 9.17) is 16.3 Å². The standard InChI is InChI=1S/C16H14ClNO3/c17-13-7-4-8-14(10-13)18-15(19)11-21-16(20)9-12-5-2-1-3-6-12/h1-8,10H,9,11H2,(H,18,19). The first-order valence-corrected chi connectivity index (χ1v) is 6.76. The van der Waals surface area contributed by atoms with Crippen molar-refractivity contribution in [2.24, 2.45) is 0 Å². The second-order valence-electron chi connectivity index (χ2n) is 4.38. The second kappa shape index (κ2) is 7.45. The summed E-state index contributed by atoms with van der Waals surface area (Å²) in [6, 6.07) is 16.0. The fourth-order valence-electron chi connectivity index (χ4n) is 1.72. The Morgan fingerprint density at radius 3 is 2.52 bits per heavy atom. The number of ether oxygens (including phenoxy) is 1. The minimum atomic E-state index is -0.442. The summed E-state index contributed by atoms with van der Waals surface area (Å²) in [6.45, 7) is -0.321. The number of carbonyl (C=O) groups is 2. The van der Waals surface area contributed by atoms with Crippen molar-refractivity contribution in [3.8, 4) is 0 Å². The van der Waals surface area contributed by atoms with Crippen LogP contribution in [0.1, 0.15) is 5.56 Å². The monoisotopic (exact) mass is 303 g/mol. The fourth-order valence-corrected chi connectivity index (χ4v) is 1.91. The van der Waals surface area contributed by atoms with Crippen LogP contribution in [0.3, 0.4) is 0 Å². The normalized spacial score (nSPS) is 9.95. The molecule has 0 fully saturated rings. The molecule has 0 aliphatic heterocycles. The number of anilines is 1. The number of benzene rings is 2. The van der Waals surface area contributed by atoms with Gasteiger partial charge in [-0.2, -0.15) is 0 Å². The molecule has 0 atom stereocenters. The average Bonchev–Trinajstić information content (AvgIpc) is 2.46. The largest absolute Gasteiger partial charge is 0.455 e. The molecule has 4 nitrogen and oxygen atoms in total. The van der Waals surface area contributed by atoms with Gasteiger partial charge in [-0.05, 0) is 23.8 Å². The van der Waals surface area contributed by atoms with Crippen molar-refractivity contribution in [2.75, 3.05) is 11.9 Å². The molecule has 0 unspecified atom stereocenters. The van der Waals surface area contributed by atoms with Crippen molar-refractivity contribution >= 4 is 29.2 Å². The lowest BCUT2D eigenvalue weighted by Crippen LogP contribution is -2.21. The summed E-state index contributed by atoms with van der Waals surface area (Å²) >= 11 is 5.81. The molecule has 1 amide bonds. The number of rotatable bonds is 5. The molecule has 0 spiro atoms. The predicted octanol–water partition coefficient (Wildman–Crippen LogP) is 3.06. The highest BCUT2D eigenvalue weighted by atomic mass is 35.5. The minimum Gasteiger partial charge on any atom is -0.455 e. The summed E-state index contributed by atoms with van der Waals surface area (Å²) in [5, 5.41) is 3.12. The average molecular weight is 304 g/mol. The van der Waals surface area contributed by atoms with Gasteiger partial charge in [0, 0.05) is 10.7 Å². The molecule has 0 heterocycles. The Kier molecular flexibility index (Phi) is 5.35. The van der Waals surface area contributed by atoms with Crippen LogP contribution in [0.15, 0.2) is 54.6 Å². The van der Waals surface area contributed by atoms with Crippen LogP contribution in [-0.2, 0) is 20.7 Å². The number of esters is 1. The first-order chi connectivity index (χ1) is 10.1. The Labute approximate surface area is 127 Å². The topological polar surface area (TPSA) is 55.4 Å². The predicted molar refractivity (Wildman–Crippen MR) is 81.2 cm³/mol. The van der Waals surface area contributed by atoms with Gasteiger partial charge in [0.2, 0.25) is 0 Å². The Morgan fingerprint density at radius 1 is 1.05 bits per heavy atom. The SMILES string of the molecule is O=C(COC(=O)Cc1ccccc1)Nc1cccc(Cl)c1. The van der Waals surface area contributed by atoms with Gasteiger partial charge in [-0.3, -0.25) is 9.59 Å².